The molecule has 0 N–H and O–H groups in total. The summed E-state index contributed by atoms with van der Waals surface area (Å²) in [6.07, 6.45) is 7.97. The lowest BCUT2D eigenvalue weighted by molar-refractivity contribution is 0.253. The number of nitriles is 1. The van der Waals surface area contributed by atoms with Gasteiger partial charge in [0.05, 0.1) is 0 Å². The Kier molecular flexibility index (Phi) is 3.86. The molecule has 0 saturated heterocycles. The summed E-state index contributed by atoms with van der Waals surface area (Å²) in [5, 5.41) is 8.79. The second-order valence-electron chi connectivity index (χ2n) is 5.83. The van der Waals surface area contributed by atoms with Crippen molar-refractivity contribution >= 4 is 0 Å². The summed E-state index contributed by atoms with van der Waals surface area (Å²) in [5.41, 5.74) is 4.54. The number of rotatable bonds is 4. The van der Waals surface area contributed by atoms with Crippen LogP contribution in [0, 0.1) is 18.3 Å². The molecular weight excluding hydrogens is 318 g/mol. The number of aryl methyl sites for hydroxylation is 2. The minimum Gasteiger partial charge on any atom is -0.468 e. The molecule has 0 bridgehead atoms. The Bertz CT molecular complexity index is 957. The van der Waals surface area contributed by atoms with E-state index in [1.807, 2.05) is 31.5 Å². The van der Waals surface area contributed by atoms with E-state index in [1.54, 1.807) is 0 Å². The zero-order valence-electron chi connectivity index (χ0n) is 13.7. The minimum atomic E-state index is 0.122. The standard InChI is InChI=1S/C18H15N5O2/c1-11-20-7-12(8-21-11)15-5-17(23-16-4-2-3-14(15)16)25-10-18-22-13(6-19)9-24-18/h5,7-9H,2-4,10H2,1H3. The number of oxazole rings is 1. The summed E-state index contributed by atoms with van der Waals surface area (Å²) >= 11 is 0. The van der Waals surface area contributed by atoms with Gasteiger partial charge in [-0.15, -0.1) is 0 Å². The molecule has 0 aromatic carbocycles. The maximum atomic E-state index is 8.79. The monoisotopic (exact) mass is 333 g/mol. The van der Waals surface area contributed by atoms with E-state index in [0.29, 0.717) is 11.8 Å². The van der Waals surface area contributed by atoms with E-state index >= 15 is 0 Å². The van der Waals surface area contributed by atoms with Crippen LogP contribution in [0.3, 0.4) is 0 Å². The van der Waals surface area contributed by atoms with Crippen molar-refractivity contribution < 1.29 is 9.15 Å². The molecule has 0 amide bonds. The van der Waals surface area contributed by atoms with Crippen LogP contribution in [0.1, 0.15) is 35.1 Å². The summed E-state index contributed by atoms with van der Waals surface area (Å²) in [6.45, 7) is 1.98. The predicted octanol–water partition coefficient (Wildman–Crippen LogP) is 2.77. The van der Waals surface area contributed by atoms with Crippen LogP contribution in [0.2, 0.25) is 0 Å². The molecule has 3 aromatic heterocycles. The number of pyridine rings is 1. The maximum Gasteiger partial charge on any atom is 0.233 e. The third kappa shape index (κ3) is 3.06. The highest BCUT2D eigenvalue weighted by Gasteiger charge is 2.20. The number of fused-ring (bicyclic) bond motifs is 1. The zero-order valence-corrected chi connectivity index (χ0v) is 13.7. The lowest BCUT2D eigenvalue weighted by atomic mass is 10.0. The fraction of sp³-hybridized carbons (Fsp3) is 0.278. The molecule has 0 atom stereocenters. The summed E-state index contributed by atoms with van der Waals surface area (Å²) in [5.74, 6) is 1.59. The molecule has 4 rings (SSSR count). The summed E-state index contributed by atoms with van der Waals surface area (Å²) in [7, 11) is 0. The summed E-state index contributed by atoms with van der Waals surface area (Å²) in [4.78, 5) is 17.2. The first-order chi connectivity index (χ1) is 12.2. The van der Waals surface area contributed by atoms with Crippen molar-refractivity contribution in [3.8, 4) is 23.1 Å². The molecule has 25 heavy (non-hydrogen) atoms. The Morgan fingerprint density at radius 1 is 1.24 bits per heavy atom. The SMILES string of the molecule is Cc1ncc(-c2cc(OCc3nc(C#N)co3)nc3c2CCC3)cn1. The Morgan fingerprint density at radius 2 is 2.08 bits per heavy atom. The van der Waals surface area contributed by atoms with Gasteiger partial charge in [0.25, 0.3) is 0 Å². The van der Waals surface area contributed by atoms with Gasteiger partial charge >= 0.3 is 0 Å². The first-order valence-electron chi connectivity index (χ1n) is 8.02. The van der Waals surface area contributed by atoms with Gasteiger partial charge in [0.15, 0.2) is 12.3 Å². The first-order valence-corrected chi connectivity index (χ1v) is 8.02. The smallest absolute Gasteiger partial charge is 0.233 e. The third-order valence-electron chi connectivity index (χ3n) is 4.13. The quantitative estimate of drug-likeness (QED) is 0.724. The zero-order chi connectivity index (χ0) is 17.2. The number of hydrogen-bond acceptors (Lipinski definition) is 7. The highest BCUT2D eigenvalue weighted by molar-refractivity contribution is 5.68. The van der Waals surface area contributed by atoms with Crippen LogP contribution in [0.25, 0.3) is 11.1 Å². The molecule has 7 nitrogen and oxygen atoms in total. The van der Waals surface area contributed by atoms with Crippen molar-refractivity contribution in [1.82, 2.24) is 19.9 Å². The van der Waals surface area contributed by atoms with Crippen molar-refractivity contribution in [3.05, 3.63) is 53.4 Å². The molecular formula is C18H15N5O2. The van der Waals surface area contributed by atoms with E-state index in [1.165, 1.54) is 11.8 Å². The van der Waals surface area contributed by atoms with Crippen molar-refractivity contribution in [1.29, 1.82) is 5.26 Å². The Morgan fingerprint density at radius 3 is 2.84 bits per heavy atom. The van der Waals surface area contributed by atoms with Gasteiger partial charge in [0.2, 0.25) is 11.8 Å². The van der Waals surface area contributed by atoms with E-state index < -0.39 is 0 Å². The predicted molar refractivity (Wildman–Crippen MR) is 87.6 cm³/mol. The highest BCUT2D eigenvalue weighted by atomic mass is 16.5. The van der Waals surface area contributed by atoms with Gasteiger partial charge in [-0.25, -0.2) is 15.0 Å². The fourth-order valence-corrected chi connectivity index (χ4v) is 2.94. The van der Waals surface area contributed by atoms with Gasteiger partial charge in [0, 0.05) is 29.7 Å². The maximum absolute atomic E-state index is 8.79. The summed E-state index contributed by atoms with van der Waals surface area (Å²) in [6, 6.07) is 3.83. The average molecular weight is 333 g/mol. The Hall–Kier alpha value is -3.27. The largest absolute Gasteiger partial charge is 0.468 e. The van der Waals surface area contributed by atoms with Gasteiger partial charge < -0.3 is 9.15 Å². The highest BCUT2D eigenvalue weighted by Crippen LogP contribution is 2.33. The van der Waals surface area contributed by atoms with Crippen LogP contribution in [-0.2, 0) is 19.4 Å². The van der Waals surface area contributed by atoms with Crippen molar-refractivity contribution in [2.24, 2.45) is 0 Å². The van der Waals surface area contributed by atoms with Gasteiger partial charge in [-0.3, -0.25) is 0 Å². The Balaban J connectivity index is 1.64. The molecule has 7 heteroatoms. The van der Waals surface area contributed by atoms with Crippen LogP contribution >= 0.6 is 0 Å². The number of ether oxygens (including phenoxy) is 1. The number of aromatic nitrogens is 4. The van der Waals surface area contributed by atoms with E-state index in [4.69, 9.17) is 14.4 Å². The van der Waals surface area contributed by atoms with Crippen LogP contribution in [0.5, 0.6) is 5.88 Å². The molecule has 124 valence electrons. The second-order valence-corrected chi connectivity index (χ2v) is 5.83. The topological polar surface area (TPSA) is 97.7 Å². The molecule has 0 unspecified atom stereocenters. The molecule has 0 spiro atoms. The van der Waals surface area contributed by atoms with E-state index in [0.717, 1.165) is 41.9 Å². The second kappa shape index (κ2) is 6.32. The third-order valence-corrected chi connectivity index (χ3v) is 4.13. The first kappa shape index (κ1) is 15.3. The molecule has 0 saturated carbocycles. The van der Waals surface area contributed by atoms with Crippen LogP contribution < -0.4 is 4.74 Å². The van der Waals surface area contributed by atoms with Gasteiger partial charge in [-0.1, -0.05) is 0 Å². The van der Waals surface area contributed by atoms with Gasteiger partial charge in [-0.05, 0) is 37.3 Å². The minimum absolute atomic E-state index is 0.122. The van der Waals surface area contributed by atoms with Crippen molar-refractivity contribution in [2.45, 2.75) is 32.8 Å². The molecule has 1 aliphatic rings. The molecule has 0 fully saturated rings. The molecule has 0 aliphatic heterocycles. The number of nitrogens with zero attached hydrogens (tertiary/aromatic N) is 5. The lowest BCUT2D eigenvalue weighted by Crippen LogP contribution is -2.02. The number of hydrogen-bond donors (Lipinski definition) is 0. The molecule has 3 aromatic rings. The normalized spacial score (nSPS) is 12.6. The van der Waals surface area contributed by atoms with Crippen LogP contribution in [0.15, 0.2) is 29.1 Å². The van der Waals surface area contributed by atoms with Crippen molar-refractivity contribution in [2.75, 3.05) is 0 Å². The van der Waals surface area contributed by atoms with Crippen molar-refractivity contribution in [3.63, 3.8) is 0 Å². The molecule has 3 heterocycles. The van der Waals surface area contributed by atoms with Gasteiger partial charge in [-0.2, -0.15) is 10.2 Å². The van der Waals surface area contributed by atoms with E-state index in [9.17, 15) is 0 Å². The van der Waals surface area contributed by atoms with E-state index in [-0.39, 0.29) is 12.3 Å². The summed E-state index contributed by atoms with van der Waals surface area (Å²) < 4.78 is 10.9. The van der Waals surface area contributed by atoms with Crippen LogP contribution in [-0.4, -0.2) is 19.9 Å². The molecule has 0 radical (unpaired) electrons. The lowest BCUT2D eigenvalue weighted by Gasteiger charge is -2.11. The van der Waals surface area contributed by atoms with E-state index in [2.05, 4.69) is 19.9 Å². The average Bonchev–Trinajstić information content (AvgIpc) is 3.29. The van der Waals surface area contributed by atoms with Crippen LogP contribution in [0.4, 0.5) is 0 Å². The fourth-order valence-electron chi connectivity index (χ4n) is 2.94. The van der Waals surface area contributed by atoms with Gasteiger partial charge in [0.1, 0.15) is 18.2 Å². The Labute approximate surface area is 144 Å². The molecule has 1 aliphatic carbocycles.